The highest BCUT2D eigenvalue weighted by Gasteiger charge is 2.29. The third-order valence-corrected chi connectivity index (χ3v) is 6.71. The molecule has 9 nitrogen and oxygen atoms in total. The molecule has 1 aromatic heterocycles. The molecule has 10 heteroatoms. The number of aromatic nitrogens is 1. The molecule has 1 fully saturated rings. The van der Waals surface area contributed by atoms with Gasteiger partial charge in [-0.2, -0.15) is 5.26 Å². The Kier molecular flexibility index (Phi) is 8.46. The van der Waals surface area contributed by atoms with Gasteiger partial charge in [0.1, 0.15) is 11.8 Å². The number of anilines is 1. The van der Waals surface area contributed by atoms with E-state index in [4.69, 9.17) is 21.1 Å². The largest absolute Gasteiger partial charge is 0.495 e. The van der Waals surface area contributed by atoms with Crippen LogP contribution in [-0.2, 0) is 9.53 Å². The van der Waals surface area contributed by atoms with Crippen molar-refractivity contribution in [3.05, 3.63) is 81.2 Å². The lowest BCUT2D eigenvalue weighted by atomic mass is 9.98. The van der Waals surface area contributed by atoms with Gasteiger partial charge >= 0.3 is 5.97 Å². The van der Waals surface area contributed by atoms with Gasteiger partial charge in [-0.05, 0) is 49.6 Å². The Morgan fingerprint density at radius 3 is 2.71 bits per heavy atom. The molecule has 2 heterocycles. The second-order valence-electron chi connectivity index (χ2n) is 8.88. The molecule has 1 saturated heterocycles. The van der Waals surface area contributed by atoms with Gasteiger partial charge in [0, 0.05) is 35.2 Å². The number of pyridine rings is 1. The Bertz CT molecular complexity index is 1460. The number of carbonyl (C=O) groups is 2. The number of benzene rings is 2. The van der Waals surface area contributed by atoms with Crippen LogP contribution in [0.2, 0.25) is 5.02 Å². The number of nitrogens with one attached hydrogen (secondary N) is 1. The number of hydrogen-bond donors (Lipinski definition) is 2. The first-order chi connectivity index (χ1) is 18.3. The van der Waals surface area contributed by atoms with Crippen LogP contribution in [0.4, 0.5) is 5.69 Å². The highest BCUT2D eigenvalue weighted by atomic mass is 35.5. The summed E-state index contributed by atoms with van der Waals surface area (Å²) in [5.74, 6) is -1.49. The van der Waals surface area contributed by atoms with Crippen LogP contribution in [0.1, 0.15) is 47.6 Å². The molecular weight excluding hydrogens is 510 g/mol. The molecule has 0 bridgehead atoms. The van der Waals surface area contributed by atoms with Crippen molar-refractivity contribution in [2.45, 2.75) is 37.8 Å². The summed E-state index contributed by atoms with van der Waals surface area (Å²) in [6, 6.07) is 13.1. The summed E-state index contributed by atoms with van der Waals surface area (Å²) < 4.78 is 12.7. The number of nitriles is 1. The normalized spacial score (nSPS) is 15.8. The molecule has 3 aromatic rings. The number of nitrogens with zero attached hydrogens (tertiary/aromatic N) is 2. The van der Waals surface area contributed by atoms with E-state index in [1.807, 2.05) is 0 Å². The molecule has 4 rings (SSSR count). The maximum atomic E-state index is 13.6. The molecule has 0 saturated carbocycles. The van der Waals surface area contributed by atoms with Crippen molar-refractivity contribution in [3.63, 3.8) is 0 Å². The maximum absolute atomic E-state index is 13.6. The lowest BCUT2D eigenvalue weighted by molar-refractivity contribution is -0.121. The predicted molar refractivity (Wildman–Crippen MR) is 142 cm³/mol. The summed E-state index contributed by atoms with van der Waals surface area (Å²) in [6.07, 6.45) is 3.95. The van der Waals surface area contributed by atoms with Gasteiger partial charge in [-0.15, -0.1) is 0 Å². The number of carboxylic acids is 1. The number of ether oxygens (including phenoxy) is 2. The number of para-hydroxylation sites is 1. The molecule has 1 amide bonds. The number of hydrogen-bond acceptors (Lipinski definition) is 6. The van der Waals surface area contributed by atoms with Crippen LogP contribution >= 0.6 is 11.6 Å². The van der Waals surface area contributed by atoms with Crippen LogP contribution in [0.25, 0.3) is 11.1 Å². The van der Waals surface area contributed by atoms with Crippen LogP contribution in [-0.4, -0.2) is 41.4 Å². The number of amides is 1. The topological polar surface area (TPSA) is 131 Å². The fraction of sp³-hybridized carbons (Fsp3) is 0.286. The highest BCUT2D eigenvalue weighted by molar-refractivity contribution is 6.31. The minimum atomic E-state index is -1.19. The Hall–Kier alpha value is -4.13. The van der Waals surface area contributed by atoms with Crippen molar-refractivity contribution in [3.8, 4) is 22.9 Å². The van der Waals surface area contributed by atoms with E-state index in [1.54, 1.807) is 30.3 Å². The van der Waals surface area contributed by atoms with E-state index in [9.17, 15) is 24.8 Å². The molecule has 2 N–H and O–H groups in total. The Labute approximate surface area is 224 Å². The van der Waals surface area contributed by atoms with Crippen molar-refractivity contribution >= 4 is 29.2 Å². The van der Waals surface area contributed by atoms with Crippen molar-refractivity contribution in [2.75, 3.05) is 19.0 Å². The Morgan fingerprint density at radius 1 is 1.24 bits per heavy atom. The zero-order valence-electron chi connectivity index (χ0n) is 20.6. The first-order valence-electron chi connectivity index (χ1n) is 12.1. The number of halogens is 1. The Morgan fingerprint density at radius 2 is 2.03 bits per heavy atom. The van der Waals surface area contributed by atoms with Crippen molar-refractivity contribution in [1.82, 2.24) is 4.57 Å². The molecule has 0 aliphatic carbocycles. The molecule has 1 aliphatic rings. The lowest BCUT2D eigenvalue weighted by Gasteiger charge is -2.28. The molecular formula is C28H26ClN3O6. The molecule has 2 atom stereocenters. The molecule has 1 aliphatic heterocycles. The third kappa shape index (κ3) is 5.88. The first-order valence-corrected chi connectivity index (χ1v) is 12.4. The van der Waals surface area contributed by atoms with Crippen molar-refractivity contribution < 1.29 is 24.2 Å². The van der Waals surface area contributed by atoms with Gasteiger partial charge in [-0.1, -0.05) is 23.7 Å². The minimum Gasteiger partial charge on any atom is -0.495 e. The van der Waals surface area contributed by atoms with Gasteiger partial charge in [0.15, 0.2) is 0 Å². The molecule has 196 valence electrons. The molecule has 2 unspecified atom stereocenters. The summed E-state index contributed by atoms with van der Waals surface area (Å²) in [5.41, 5.74) is 0.630. The fourth-order valence-corrected chi connectivity index (χ4v) is 4.74. The number of carbonyl (C=O) groups excluding carboxylic acids is 1. The fourth-order valence-electron chi connectivity index (χ4n) is 4.57. The zero-order valence-corrected chi connectivity index (χ0v) is 21.4. The average Bonchev–Trinajstić information content (AvgIpc) is 2.92. The van der Waals surface area contributed by atoms with E-state index in [0.717, 1.165) is 19.3 Å². The van der Waals surface area contributed by atoms with Gasteiger partial charge in [0.2, 0.25) is 5.91 Å². The predicted octanol–water partition coefficient (Wildman–Crippen LogP) is 4.89. The highest BCUT2D eigenvalue weighted by Crippen LogP contribution is 2.34. The zero-order chi connectivity index (χ0) is 27.2. The van der Waals surface area contributed by atoms with E-state index in [1.165, 1.54) is 36.1 Å². The Balaban J connectivity index is 1.78. The van der Waals surface area contributed by atoms with Gasteiger partial charge in [-0.3, -0.25) is 14.2 Å². The molecule has 0 radical (unpaired) electrons. The lowest BCUT2D eigenvalue weighted by Crippen LogP contribution is -2.36. The third-order valence-electron chi connectivity index (χ3n) is 6.47. The van der Waals surface area contributed by atoms with Gasteiger partial charge in [0.25, 0.3) is 5.56 Å². The van der Waals surface area contributed by atoms with Crippen LogP contribution in [0, 0.1) is 11.3 Å². The standard InChI is InChI=1S/C28H26ClN3O6/c1-37-25-16-32(26(33)14-22(25)21-12-18(29)10-9-17(21)15-30)24(13-19-6-4-5-11-38-19)27(34)31-23-8-3-2-7-20(23)28(35)36/h2-3,7-10,12,14,16,19,24H,4-6,11,13H2,1H3,(H,31,34)(H,35,36). The summed E-state index contributed by atoms with van der Waals surface area (Å²) in [4.78, 5) is 38.7. The van der Waals surface area contributed by atoms with Gasteiger partial charge < -0.3 is 19.9 Å². The molecule has 2 aromatic carbocycles. The number of methoxy groups -OCH3 is 1. The minimum absolute atomic E-state index is 0.0706. The van der Waals surface area contributed by atoms with E-state index >= 15 is 0 Å². The second-order valence-corrected chi connectivity index (χ2v) is 9.32. The van der Waals surface area contributed by atoms with Crippen LogP contribution in [0.3, 0.4) is 0 Å². The summed E-state index contributed by atoms with van der Waals surface area (Å²) in [7, 11) is 1.42. The molecule has 38 heavy (non-hydrogen) atoms. The van der Waals surface area contributed by atoms with Gasteiger partial charge in [-0.25, -0.2) is 4.79 Å². The van der Waals surface area contributed by atoms with Crippen LogP contribution in [0.5, 0.6) is 5.75 Å². The summed E-state index contributed by atoms with van der Waals surface area (Å²) >= 11 is 6.16. The summed E-state index contributed by atoms with van der Waals surface area (Å²) in [5, 5.41) is 22.2. The average molecular weight is 536 g/mol. The van der Waals surface area contributed by atoms with Gasteiger partial charge in [0.05, 0.1) is 42.3 Å². The van der Waals surface area contributed by atoms with E-state index < -0.39 is 23.5 Å². The van der Waals surface area contributed by atoms with E-state index in [0.29, 0.717) is 28.3 Å². The van der Waals surface area contributed by atoms with E-state index in [2.05, 4.69) is 11.4 Å². The monoisotopic (exact) mass is 535 g/mol. The smallest absolute Gasteiger partial charge is 0.337 e. The first kappa shape index (κ1) is 26.9. The van der Waals surface area contributed by atoms with E-state index in [-0.39, 0.29) is 29.5 Å². The van der Waals surface area contributed by atoms with Crippen molar-refractivity contribution in [1.29, 1.82) is 5.26 Å². The van der Waals surface area contributed by atoms with Crippen molar-refractivity contribution in [2.24, 2.45) is 0 Å². The quantitative estimate of drug-likeness (QED) is 0.420. The molecule has 0 spiro atoms. The van der Waals surface area contributed by atoms with Crippen LogP contribution in [0.15, 0.2) is 59.5 Å². The number of rotatable bonds is 8. The SMILES string of the molecule is COc1cn(C(CC2CCCCO2)C(=O)Nc2ccccc2C(=O)O)c(=O)cc1-c1cc(Cl)ccc1C#N. The number of aromatic carboxylic acids is 1. The summed E-state index contributed by atoms with van der Waals surface area (Å²) in [6.45, 7) is 0.559. The number of carboxylic acid groups (broad SMARTS) is 1. The second kappa shape index (κ2) is 11.9. The van der Waals surface area contributed by atoms with Crippen LogP contribution < -0.4 is 15.6 Å². The maximum Gasteiger partial charge on any atom is 0.337 e.